The van der Waals surface area contributed by atoms with E-state index in [0.29, 0.717) is 30.8 Å². The zero-order chi connectivity index (χ0) is 18.3. The Morgan fingerprint density at radius 3 is 2.65 bits per heavy atom. The number of carbonyl (C=O) groups excluding carboxylic acids is 1. The molecule has 1 amide bonds. The van der Waals surface area contributed by atoms with Gasteiger partial charge >= 0.3 is 6.09 Å². The van der Waals surface area contributed by atoms with Gasteiger partial charge in [-0.25, -0.2) is 13.2 Å². The van der Waals surface area contributed by atoms with Crippen LogP contribution in [-0.2, 0) is 21.4 Å². The Labute approximate surface area is 157 Å². The lowest BCUT2D eigenvalue weighted by molar-refractivity contribution is 0.135. The molecule has 1 aromatic heterocycles. The third-order valence-electron chi connectivity index (χ3n) is 5.03. The summed E-state index contributed by atoms with van der Waals surface area (Å²) >= 11 is 1.37. The highest BCUT2D eigenvalue weighted by Gasteiger charge is 2.37. The fraction of sp³-hybridized carbons (Fsp3) is 0.389. The van der Waals surface area contributed by atoms with Crippen LogP contribution in [0.4, 0.5) is 10.5 Å². The van der Waals surface area contributed by atoms with Gasteiger partial charge in [-0.15, -0.1) is 0 Å². The van der Waals surface area contributed by atoms with Crippen molar-refractivity contribution in [2.24, 2.45) is 0 Å². The van der Waals surface area contributed by atoms with Gasteiger partial charge in [0.2, 0.25) is 10.0 Å². The van der Waals surface area contributed by atoms with Crippen LogP contribution in [0.2, 0.25) is 0 Å². The Morgan fingerprint density at radius 1 is 1.19 bits per heavy atom. The van der Waals surface area contributed by atoms with E-state index < -0.39 is 10.0 Å². The van der Waals surface area contributed by atoms with E-state index in [2.05, 4.69) is 0 Å². The molecule has 138 valence electrons. The molecular weight excluding hydrogens is 372 g/mol. The predicted molar refractivity (Wildman–Crippen MR) is 99.9 cm³/mol. The molecule has 8 heteroatoms. The number of fused-ring (bicyclic) bond motifs is 1. The number of amides is 1. The molecule has 1 fully saturated rings. The highest BCUT2D eigenvalue weighted by atomic mass is 32.2. The van der Waals surface area contributed by atoms with Crippen molar-refractivity contribution in [1.29, 1.82) is 0 Å². The molecule has 26 heavy (non-hydrogen) atoms. The first kappa shape index (κ1) is 17.5. The number of rotatable bonds is 3. The van der Waals surface area contributed by atoms with Gasteiger partial charge in [0.25, 0.3) is 0 Å². The molecule has 0 saturated carbocycles. The summed E-state index contributed by atoms with van der Waals surface area (Å²) in [6.45, 7) is 3.07. The Bertz CT molecular complexity index is 917. The third-order valence-corrected chi connectivity index (χ3v) is 7.76. The first-order valence-corrected chi connectivity index (χ1v) is 10.9. The van der Waals surface area contributed by atoms with Crippen LogP contribution in [-0.4, -0.2) is 37.9 Å². The van der Waals surface area contributed by atoms with E-state index in [1.54, 1.807) is 21.7 Å². The van der Waals surface area contributed by atoms with Gasteiger partial charge in [-0.1, -0.05) is 18.2 Å². The summed E-state index contributed by atoms with van der Waals surface area (Å²) in [6, 6.07) is 7.49. The second-order valence-electron chi connectivity index (χ2n) is 6.60. The maximum atomic E-state index is 12.7. The number of anilines is 1. The molecule has 0 N–H and O–H groups in total. The van der Waals surface area contributed by atoms with Crippen molar-refractivity contribution in [2.75, 3.05) is 18.0 Å². The monoisotopic (exact) mass is 392 g/mol. The fourth-order valence-electron chi connectivity index (χ4n) is 3.70. The highest BCUT2D eigenvalue weighted by molar-refractivity contribution is 7.89. The third kappa shape index (κ3) is 2.91. The Kier molecular flexibility index (Phi) is 4.50. The van der Waals surface area contributed by atoms with E-state index in [0.717, 1.165) is 16.8 Å². The van der Waals surface area contributed by atoms with Gasteiger partial charge in [-0.3, -0.25) is 4.90 Å². The molecule has 0 bridgehead atoms. The summed E-state index contributed by atoms with van der Waals surface area (Å²) in [5.41, 5.74) is 2.95. The topological polar surface area (TPSA) is 66.9 Å². The number of benzene rings is 1. The number of nitrogens with zero attached hydrogens (tertiary/aromatic N) is 2. The first-order valence-electron chi connectivity index (χ1n) is 8.55. The number of hydrogen-bond donors (Lipinski definition) is 0. The van der Waals surface area contributed by atoms with Crippen molar-refractivity contribution in [3.05, 3.63) is 46.2 Å². The van der Waals surface area contributed by atoms with Crippen molar-refractivity contribution in [3.8, 4) is 0 Å². The summed E-state index contributed by atoms with van der Waals surface area (Å²) in [4.78, 5) is 14.5. The molecule has 0 atom stereocenters. The molecule has 2 aromatic rings. The van der Waals surface area contributed by atoms with Gasteiger partial charge in [0.1, 0.15) is 6.61 Å². The van der Waals surface area contributed by atoms with Crippen LogP contribution in [0, 0.1) is 6.92 Å². The minimum Gasteiger partial charge on any atom is -0.444 e. The summed E-state index contributed by atoms with van der Waals surface area (Å²) < 4.78 is 32.2. The SMILES string of the molecule is Cc1cccc2c1N(C1CCN(S(=O)(=O)c3ccsc3)CC1)C(=O)OC2. The van der Waals surface area contributed by atoms with Crippen molar-refractivity contribution in [2.45, 2.75) is 37.3 Å². The van der Waals surface area contributed by atoms with Crippen LogP contribution < -0.4 is 4.90 Å². The molecule has 0 radical (unpaired) electrons. The smallest absolute Gasteiger partial charge is 0.414 e. The quantitative estimate of drug-likeness (QED) is 0.803. The second-order valence-corrected chi connectivity index (χ2v) is 9.32. The average molecular weight is 393 g/mol. The summed E-state index contributed by atoms with van der Waals surface area (Å²) in [5, 5.41) is 3.42. The number of ether oxygens (including phenoxy) is 1. The van der Waals surface area contributed by atoms with Gasteiger partial charge in [0.15, 0.2) is 0 Å². The summed E-state index contributed by atoms with van der Waals surface area (Å²) in [6.07, 6.45) is 0.837. The van der Waals surface area contributed by atoms with Gasteiger partial charge in [0, 0.05) is 30.1 Å². The fourth-order valence-corrected chi connectivity index (χ4v) is 6.19. The molecule has 0 unspecified atom stereocenters. The largest absolute Gasteiger partial charge is 0.444 e. The molecule has 3 heterocycles. The lowest BCUT2D eigenvalue weighted by atomic mass is 10.00. The number of cyclic esters (lactones) is 1. The predicted octanol–water partition coefficient (Wildman–Crippen LogP) is 3.37. The van der Waals surface area contributed by atoms with Gasteiger partial charge in [0.05, 0.1) is 10.6 Å². The Hall–Kier alpha value is -1.90. The molecule has 6 nitrogen and oxygen atoms in total. The number of thiophene rings is 1. The second kappa shape index (κ2) is 6.68. The number of para-hydroxylation sites is 1. The van der Waals surface area contributed by atoms with E-state index in [1.165, 1.54) is 15.6 Å². The minimum absolute atomic E-state index is 0.0587. The lowest BCUT2D eigenvalue weighted by Crippen LogP contribution is -2.50. The molecule has 0 spiro atoms. The van der Waals surface area contributed by atoms with Crippen molar-refractivity contribution >= 4 is 33.1 Å². The van der Waals surface area contributed by atoms with E-state index in [-0.39, 0.29) is 18.7 Å². The number of hydrogen-bond acceptors (Lipinski definition) is 5. The van der Waals surface area contributed by atoms with Crippen LogP contribution in [0.5, 0.6) is 0 Å². The van der Waals surface area contributed by atoms with Crippen LogP contribution in [0.1, 0.15) is 24.0 Å². The molecule has 1 aromatic carbocycles. The standard InChI is InChI=1S/C18H20N2O4S2/c1-13-3-2-4-14-11-24-18(21)20(17(13)14)15-5-8-19(9-6-15)26(22,23)16-7-10-25-12-16/h2-4,7,10,12,15H,5-6,8-9,11H2,1H3. The average Bonchev–Trinajstić information content (AvgIpc) is 3.18. The van der Waals surface area contributed by atoms with Gasteiger partial charge < -0.3 is 4.74 Å². The minimum atomic E-state index is -3.45. The normalized spacial score (nSPS) is 19.3. The molecule has 1 saturated heterocycles. The molecule has 4 rings (SSSR count). The van der Waals surface area contributed by atoms with E-state index in [1.807, 2.05) is 25.1 Å². The van der Waals surface area contributed by atoms with E-state index in [9.17, 15) is 13.2 Å². The van der Waals surface area contributed by atoms with Crippen molar-refractivity contribution in [1.82, 2.24) is 4.31 Å². The molecular formula is C18H20N2O4S2. The number of carbonyl (C=O) groups is 1. The van der Waals surface area contributed by atoms with Crippen LogP contribution in [0.15, 0.2) is 39.9 Å². The zero-order valence-electron chi connectivity index (χ0n) is 14.4. The maximum Gasteiger partial charge on any atom is 0.414 e. The highest BCUT2D eigenvalue weighted by Crippen LogP contribution is 2.35. The molecule has 2 aliphatic heterocycles. The van der Waals surface area contributed by atoms with Crippen LogP contribution in [0.3, 0.4) is 0 Å². The molecule has 2 aliphatic rings. The van der Waals surface area contributed by atoms with Crippen molar-refractivity contribution in [3.63, 3.8) is 0 Å². The van der Waals surface area contributed by atoms with Crippen molar-refractivity contribution < 1.29 is 17.9 Å². The Balaban J connectivity index is 1.55. The number of piperidine rings is 1. The van der Waals surface area contributed by atoms with Gasteiger partial charge in [-0.2, -0.15) is 15.6 Å². The first-order chi connectivity index (χ1) is 12.5. The molecule has 0 aliphatic carbocycles. The van der Waals surface area contributed by atoms with Crippen LogP contribution >= 0.6 is 11.3 Å². The van der Waals surface area contributed by atoms with E-state index >= 15 is 0 Å². The zero-order valence-corrected chi connectivity index (χ0v) is 16.1. The lowest BCUT2D eigenvalue weighted by Gasteiger charge is -2.40. The maximum absolute atomic E-state index is 12.7. The Morgan fingerprint density at radius 2 is 1.96 bits per heavy atom. The summed E-state index contributed by atoms with van der Waals surface area (Å²) in [5.74, 6) is 0. The van der Waals surface area contributed by atoms with Crippen LogP contribution in [0.25, 0.3) is 0 Å². The summed E-state index contributed by atoms with van der Waals surface area (Å²) in [7, 11) is -3.45. The van der Waals surface area contributed by atoms with Gasteiger partial charge in [-0.05, 0) is 36.8 Å². The number of sulfonamides is 1. The van der Waals surface area contributed by atoms with E-state index in [4.69, 9.17) is 4.74 Å². The number of aryl methyl sites for hydroxylation is 1.